The Kier molecular flexibility index (Phi) is 4.60. The molecule has 1 unspecified atom stereocenters. The number of aryl methyl sites for hydroxylation is 2. The highest BCUT2D eigenvalue weighted by Gasteiger charge is 2.07. The van der Waals surface area contributed by atoms with Gasteiger partial charge in [-0.1, -0.05) is 18.2 Å². The average molecular weight is 324 g/mol. The second kappa shape index (κ2) is 6.00. The Morgan fingerprint density at radius 1 is 1.22 bits per heavy atom. The van der Waals surface area contributed by atoms with Crippen molar-refractivity contribution in [2.75, 3.05) is 0 Å². The van der Waals surface area contributed by atoms with Gasteiger partial charge in [-0.2, -0.15) is 0 Å². The van der Waals surface area contributed by atoms with E-state index in [1.807, 2.05) is 0 Å². The van der Waals surface area contributed by atoms with Crippen LogP contribution in [0.3, 0.4) is 0 Å². The van der Waals surface area contributed by atoms with E-state index in [0.29, 0.717) is 6.04 Å². The molecule has 96 valence electrons. The summed E-state index contributed by atoms with van der Waals surface area (Å²) in [6.07, 6.45) is 0. The molecule has 0 saturated heterocycles. The molecule has 0 radical (unpaired) electrons. The predicted octanol–water partition coefficient (Wildman–Crippen LogP) is 4.98. The summed E-state index contributed by atoms with van der Waals surface area (Å²) in [5.74, 6) is 0. The Balaban J connectivity index is 2.01. The standard InChI is InChI=1S/C15H18BrNS/c1-10-4-5-13(8-11(10)2)12(3)17-9-15-14(16)6-7-18-15/h4-8,12,17H,9H2,1-3H3. The molecule has 1 nitrogen and oxygen atoms in total. The highest BCUT2D eigenvalue weighted by Crippen LogP contribution is 2.24. The Hall–Kier alpha value is -0.640. The first-order chi connectivity index (χ1) is 8.58. The molecule has 0 aliphatic rings. The van der Waals surface area contributed by atoms with Gasteiger partial charge in [-0.15, -0.1) is 11.3 Å². The zero-order valence-electron chi connectivity index (χ0n) is 11.0. The molecular formula is C15H18BrNS. The molecule has 2 rings (SSSR count). The Morgan fingerprint density at radius 3 is 2.61 bits per heavy atom. The minimum atomic E-state index is 0.373. The SMILES string of the molecule is Cc1ccc(C(C)NCc2sccc2Br)cc1C. The summed E-state index contributed by atoms with van der Waals surface area (Å²) in [7, 11) is 0. The Morgan fingerprint density at radius 2 is 2.00 bits per heavy atom. The molecule has 2 aromatic rings. The molecule has 1 atom stereocenters. The average Bonchev–Trinajstić information content (AvgIpc) is 2.75. The highest BCUT2D eigenvalue weighted by atomic mass is 79.9. The second-order valence-electron chi connectivity index (χ2n) is 4.64. The van der Waals surface area contributed by atoms with Gasteiger partial charge in [0.2, 0.25) is 0 Å². The van der Waals surface area contributed by atoms with Crippen molar-refractivity contribution in [3.8, 4) is 0 Å². The van der Waals surface area contributed by atoms with Crippen LogP contribution in [-0.2, 0) is 6.54 Å². The summed E-state index contributed by atoms with van der Waals surface area (Å²) in [4.78, 5) is 1.35. The zero-order valence-corrected chi connectivity index (χ0v) is 13.4. The fraction of sp³-hybridized carbons (Fsp3) is 0.333. The van der Waals surface area contributed by atoms with Gasteiger partial charge < -0.3 is 5.32 Å². The number of thiophene rings is 1. The molecule has 0 fully saturated rings. The molecule has 1 N–H and O–H groups in total. The summed E-state index contributed by atoms with van der Waals surface area (Å²) in [6.45, 7) is 7.44. The molecule has 1 aromatic carbocycles. The van der Waals surface area contributed by atoms with Crippen molar-refractivity contribution in [1.29, 1.82) is 0 Å². The molecule has 18 heavy (non-hydrogen) atoms. The van der Waals surface area contributed by atoms with E-state index in [0.717, 1.165) is 6.54 Å². The lowest BCUT2D eigenvalue weighted by atomic mass is 10.0. The minimum Gasteiger partial charge on any atom is -0.305 e. The summed E-state index contributed by atoms with van der Waals surface area (Å²) in [6, 6.07) is 9.16. The Bertz CT molecular complexity index is 533. The molecular weight excluding hydrogens is 306 g/mol. The fourth-order valence-corrected chi connectivity index (χ4v) is 3.29. The number of hydrogen-bond acceptors (Lipinski definition) is 2. The molecule has 1 heterocycles. The quantitative estimate of drug-likeness (QED) is 0.836. The summed E-state index contributed by atoms with van der Waals surface area (Å²) in [5, 5.41) is 5.68. The molecule has 0 saturated carbocycles. The normalized spacial score (nSPS) is 12.7. The van der Waals surface area contributed by atoms with Crippen LogP contribution < -0.4 is 5.32 Å². The summed E-state index contributed by atoms with van der Waals surface area (Å²) < 4.78 is 1.20. The van der Waals surface area contributed by atoms with Gasteiger partial charge in [-0.25, -0.2) is 0 Å². The van der Waals surface area contributed by atoms with Crippen LogP contribution in [0.15, 0.2) is 34.1 Å². The molecule has 0 bridgehead atoms. The smallest absolute Gasteiger partial charge is 0.0327 e. The third kappa shape index (κ3) is 3.22. The first-order valence-electron chi connectivity index (χ1n) is 6.10. The van der Waals surface area contributed by atoms with Gasteiger partial charge in [0.1, 0.15) is 0 Å². The van der Waals surface area contributed by atoms with Crippen molar-refractivity contribution in [2.45, 2.75) is 33.4 Å². The van der Waals surface area contributed by atoms with E-state index in [-0.39, 0.29) is 0 Å². The van der Waals surface area contributed by atoms with E-state index in [2.05, 4.69) is 71.7 Å². The number of hydrogen-bond donors (Lipinski definition) is 1. The van der Waals surface area contributed by atoms with Crippen molar-refractivity contribution in [3.05, 3.63) is 55.7 Å². The molecule has 0 amide bonds. The third-order valence-electron chi connectivity index (χ3n) is 3.29. The van der Waals surface area contributed by atoms with Gasteiger partial charge in [0.25, 0.3) is 0 Å². The van der Waals surface area contributed by atoms with Gasteiger partial charge >= 0.3 is 0 Å². The van der Waals surface area contributed by atoms with Crippen LogP contribution in [0.4, 0.5) is 0 Å². The Labute approximate surface area is 121 Å². The third-order valence-corrected chi connectivity index (χ3v) is 5.22. The van der Waals surface area contributed by atoms with E-state index in [1.165, 1.54) is 26.0 Å². The van der Waals surface area contributed by atoms with Gasteiger partial charge in [0.05, 0.1) is 0 Å². The molecule has 0 spiro atoms. The minimum absolute atomic E-state index is 0.373. The molecule has 1 aromatic heterocycles. The van der Waals surface area contributed by atoms with Crippen LogP contribution in [-0.4, -0.2) is 0 Å². The van der Waals surface area contributed by atoms with Crippen LogP contribution in [0.1, 0.15) is 34.5 Å². The lowest BCUT2D eigenvalue weighted by Gasteiger charge is -2.15. The zero-order chi connectivity index (χ0) is 13.1. The second-order valence-corrected chi connectivity index (χ2v) is 6.49. The number of halogens is 1. The van der Waals surface area contributed by atoms with Crippen molar-refractivity contribution >= 4 is 27.3 Å². The number of nitrogens with one attached hydrogen (secondary N) is 1. The van der Waals surface area contributed by atoms with E-state index < -0.39 is 0 Å². The maximum absolute atomic E-state index is 3.57. The van der Waals surface area contributed by atoms with Crippen molar-refractivity contribution in [3.63, 3.8) is 0 Å². The lowest BCUT2D eigenvalue weighted by molar-refractivity contribution is 0.577. The largest absolute Gasteiger partial charge is 0.305 e. The molecule has 3 heteroatoms. The van der Waals surface area contributed by atoms with Crippen LogP contribution in [0.2, 0.25) is 0 Å². The van der Waals surface area contributed by atoms with Crippen LogP contribution >= 0.6 is 27.3 Å². The van der Waals surface area contributed by atoms with Crippen LogP contribution in [0.25, 0.3) is 0 Å². The van der Waals surface area contributed by atoms with E-state index in [1.54, 1.807) is 11.3 Å². The monoisotopic (exact) mass is 323 g/mol. The van der Waals surface area contributed by atoms with Gasteiger partial charge in [0.15, 0.2) is 0 Å². The van der Waals surface area contributed by atoms with Crippen molar-refractivity contribution in [1.82, 2.24) is 5.32 Å². The van der Waals surface area contributed by atoms with Crippen molar-refractivity contribution in [2.24, 2.45) is 0 Å². The van der Waals surface area contributed by atoms with Crippen LogP contribution in [0.5, 0.6) is 0 Å². The van der Waals surface area contributed by atoms with E-state index >= 15 is 0 Å². The van der Waals surface area contributed by atoms with Gasteiger partial charge in [0, 0.05) is 21.9 Å². The predicted molar refractivity (Wildman–Crippen MR) is 83.2 cm³/mol. The maximum Gasteiger partial charge on any atom is 0.0327 e. The summed E-state index contributed by atoms with van der Waals surface area (Å²) >= 11 is 5.35. The van der Waals surface area contributed by atoms with Crippen molar-refractivity contribution < 1.29 is 0 Å². The van der Waals surface area contributed by atoms with E-state index in [4.69, 9.17) is 0 Å². The lowest BCUT2D eigenvalue weighted by Crippen LogP contribution is -2.17. The van der Waals surface area contributed by atoms with E-state index in [9.17, 15) is 0 Å². The van der Waals surface area contributed by atoms with Crippen LogP contribution in [0, 0.1) is 13.8 Å². The van der Waals surface area contributed by atoms with Gasteiger partial charge in [-0.3, -0.25) is 0 Å². The maximum atomic E-state index is 3.57. The molecule has 0 aliphatic heterocycles. The first-order valence-corrected chi connectivity index (χ1v) is 7.77. The topological polar surface area (TPSA) is 12.0 Å². The molecule has 0 aliphatic carbocycles. The first kappa shape index (κ1) is 13.8. The fourth-order valence-electron chi connectivity index (χ4n) is 1.85. The highest BCUT2D eigenvalue weighted by molar-refractivity contribution is 9.10. The van der Waals surface area contributed by atoms with Gasteiger partial charge in [-0.05, 0) is 64.8 Å². The summed E-state index contributed by atoms with van der Waals surface area (Å²) in [5.41, 5.74) is 4.07. The number of benzene rings is 1. The number of rotatable bonds is 4.